The predicted octanol–water partition coefficient (Wildman–Crippen LogP) is 4.66. The molecule has 4 heterocycles. The Kier molecular flexibility index (Phi) is 4.81. The Bertz CT molecular complexity index is 1410. The van der Waals surface area contributed by atoms with Gasteiger partial charge in [-0.1, -0.05) is 6.07 Å². The average molecular weight is 474 g/mol. The third-order valence-corrected chi connectivity index (χ3v) is 5.76. The predicted molar refractivity (Wildman–Crippen MR) is 112 cm³/mol. The van der Waals surface area contributed by atoms with E-state index in [1.54, 1.807) is 17.5 Å². The van der Waals surface area contributed by atoms with Crippen LogP contribution in [0.15, 0.2) is 41.8 Å². The standard InChI is InChI=1S/C21H13F3N4O4S/c1-10(29)11-5-15-16(32-9-31-15)6-12(11)26-20(30)14-8-19-25-13(17-3-2-4-33-17)7-18(21(22,23)24)28(19)27-14/h2-8H,9H2,1H3,(H,26,30). The number of hydrogen-bond donors (Lipinski definition) is 1. The second kappa shape index (κ2) is 7.59. The second-order valence-electron chi connectivity index (χ2n) is 7.06. The lowest BCUT2D eigenvalue weighted by molar-refractivity contribution is -0.142. The van der Waals surface area contributed by atoms with Gasteiger partial charge in [0.1, 0.15) is 0 Å². The minimum atomic E-state index is -4.73. The smallest absolute Gasteiger partial charge is 0.433 e. The average Bonchev–Trinajstić information content (AvgIpc) is 3.50. The van der Waals surface area contributed by atoms with Gasteiger partial charge in [0.05, 0.1) is 16.3 Å². The number of fused-ring (bicyclic) bond motifs is 2. The van der Waals surface area contributed by atoms with Gasteiger partial charge in [-0.3, -0.25) is 9.59 Å². The Morgan fingerprint density at radius 3 is 2.58 bits per heavy atom. The lowest BCUT2D eigenvalue weighted by Gasteiger charge is -2.10. The number of aromatic nitrogens is 3. The first kappa shape index (κ1) is 20.9. The van der Waals surface area contributed by atoms with E-state index >= 15 is 0 Å². The number of carbonyl (C=O) groups excluding carboxylic acids is 2. The molecule has 1 N–H and O–H groups in total. The lowest BCUT2D eigenvalue weighted by atomic mass is 10.1. The molecule has 0 fully saturated rings. The van der Waals surface area contributed by atoms with Gasteiger partial charge in [0.25, 0.3) is 5.91 Å². The van der Waals surface area contributed by atoms with Crippen molar-refractivity contribution in [3.63, 3.8) is 0 Å². The van der Waals surface area contributed by atoms with Crippen LogP contribution in [0.2, 0.25) is 0 Å². The Balaban J connectivity index is 1.56. The molecule has 168 valence electrons. The van der Waals surface area contributed by atoms with Crippen molar-refractivity contribution in [1.29, 1.82) is 0 Å². The quantitative estimate of drug-likeness (QED) is 0.433. The molecule has 1 amide bonds. The molecule has 0 aliphatic carbocycles. The minimum absolute atomic E-state index is 0.0328. The van der Waals surface area contributed by atoms with E-state index in [1.807, 2.05) is 0 Å². The maximum atomic E-state index is 13.7. The number of anilines is 1. The van der Waals surface area contributed by atoms with Crippen LogP contribution in [-0.2, 0) is 6.18 Å². The Morgan fingerprint density at radius 1 is 1.15 bits per heavy atom. The van der Waals surface area contributed by atoms with E-state index in [2.05, 4.69) is 15.4 Å². The maximum Gasteiger partial charge on any atom is 0.433 e. The highest BCUT2D eigenvalue weighted by molar-refractivity contribution is 7.13. The molecule has 8 nitrogen and oxygen atoms in total. The van der Waals surface area contributed by atoms with Crippen LogP contribution in [0.5, 0.6) is 11.5 Å². The number of carbonyl (C=O) groups is 2. The topological polar surface area (TPSA) is 94.8 Å². The number of ketones is 1. The van der Waals surface area contributed by atoms with Gasteiger partial charge in [0.15, 0.2) is 34.3 Å². The maximum absolute atomic E-state index is 13.7. The number of benzene rings is 1. The van der Waals surface area contributed by atoms with Crippen molar-refractivity contribution < 1.29 is 32.2 Å². The number of ether oxygens (including phenoxy) is 2. The SMILES string of the molecule is CC(=O)c1cc2c(cc1NC(=O)c1cc3nc(-c4cccs4)cc(C(F)(F)F)n3n1)OCO2. The fraction of sp³-hybridized carbons (Fsp3) is 0.143. The van der Waals surface area contributed by atoms with Crippen molar-refractivity contribution in [3.05, 3.63) is 58.7 Å². The molecule has 12 heteroatoms. The van der Waals surface area contributed by atoms with Gasteiger partial charge >= 0.3 is 6.18 Å². The van der Waals surface area contributed by atoms with Crippen LogP contribution in [0.3, 0.4) is 0 Å². The number of thiophene rings is 1. The molecular formula is C21H13F3N4O4S. The normalized spacial score (nSPS) is 12.8. The van der Waals surface area contributed by atoms with Crippen LogP contribution >= 0.6 is 11.3 Å². The van der Waals surface area contributed by atoms with E-state index in [9.17, 15) is 22.8 Å². The van der Waals surface area contributed by atoms with Crippen molar-refractivity contribution in [1.82, 2.24) is 14.6 Å². The zero-order valence-corrected chi connectivity index (χ0v) is 17.6. The summed E-state index contributed by atoms with van der Waals surface area (Å²) in [6, 6.07) is 8.24. The Labute approximate surface area is 187 Å². The summed E-state index contributed by atoms with van der Waals surface area (Å²) in [6.07, 6.45) is -4.73. The number of nitrogens with one attached hydrogen (secondary N) is 1. The monoisotopic (exact) mass is 474 g/mol. The number of nitrogens with zero attached hydrogens (tertiary/aromatic N) is 3. The molecule has 4 aromatic rings. The Hall–Kier alpha value is -3.93. The summed E-state index contributed by atoms with van der Waals surface area (Å²) in [4.78, 5) is 29.7. The first-order chi connectivity index (χ1) is 15.7. The fourth-order valence-corrected chi connectivity index (χ4v) is 4.05. The summed E-state index contributed by atoms with van der Waals surface area (Å²) in [5, 5.41) is 8.07. The van der Waals surface area contributed by atoms with Gasteiger partial charge in [-0.15, -0.1) is 11.3 Å². The third kappa shape index (κ3) is 3.78. The molecule has 1 aliphatic rings. The minimum Gasteiger partial charge on any atom is -0.454 e. The van der Waals surface area contributed by atoms with Crippen molar-refractivity contribution in [2.45, 2.75) is 13.1 Å². The van der Waals surface area contributed by atoms with Crippen LogP contribution in [0.25, 0.3) is 16.2 Å². The summed E-state index contributed by atoms with van der Waals surface area (Å²) in [7, 11) is 0. The Morgan fingerprint density at radius 2 is 1.91 bits per heavy atom. The molecule has 0 bridgehead atoms. The van der Waals surface area contributed by atoms with E-state index in [0.29, 0.717) is 20.9 Å². The molecule has 0 saturated carbocycles. The third-order valence-electron chi connectivity index (χ3n) is 4.86. The number of halogens is 3. The van der Waals surface area contributed by atoms with Gasteiger partial charge in [0, 0.05) is 17.7 Å². The van der Waals surface area contributed by atoms with Crippen molar-refractivity contribution >= 4 is 34.4 Å². The number of rotatable bonds is 4. The number of hydrogen-bond acceptors (Lipinski definition) is 7. The van der Waals surface area contributed by atoms with E-state index in [4.69, 9.17) is 9.47 Å². The lowest BCUT2D eigenvalue weighted by Crippen LogP contribution is -2.16. The van der Waals surface area contributed by atoms with E-state index < -0.39 is 17.8 Å². The summed E-state index contributed by atoms with van der Waals surface area (Å²) in [6.45, 7) is 1.28. The molecule has 5 rings (SSSR count). The number of alkyl halides is 3. The first-order valence-electron chi connectivity index (χ1n) is 9.48. The molecule has 0 spiro atoms. The van der Waals surface area contributed by atoms with E-state index in [-0.39, 0.29) is 40.9 Å². The zero-order chi connectivity index (χ0) is 23.3. The summed E-state index contributed by atoms with van der Waals surface area (Å²) in [5.41, 5.74) is -1.12. The van der Waals surface area contributed by atoms with Crippen LogP contribution in [0.4, 0.5) is 18.9 Å². The largest absolute Gasteiger partial charge is 0.454 e. The van der Waals surface area contributed by atoms with E-state index in [1.165, 1.54) is 30.4 Å². The van der Waals surface area contributed by atoms with Crippen LogP contribution in [-0.4, -0.2) is 33.1 Å². The highest BCUT2D eigenvalue weighted by Crippen LogP contribution is 2.38. The highest BCUT2D eigenvalue weighted by Gasteiger charge is 2.36. The summed E-state index contributed by atoms with van der Waals surface area (Å²) in [5.74, 6) is -0.481. The molecule has 1 aromatic carbocycles. The molecule has 3 aromatic heterocycles. The number of Topliss-reactive ketones (excluding diaryl/α,β-unsaturated/α-hetero) is 1. The molecule has 0 saturated heterocycles. The zero-order valence-electron chi connectivity index (χ0n) is 16.8. The molecule has 1 aliphatic heterocycles. The van der Waals surface area contributed by atoms with E-state index in [0.717, 1.165) is 12.1 Å². The summed E-state index contributed by atoms with van der Waals surface area (Å²) < 4.78 is 52.2. The second-order valence-corrected chi connectivity index (χ2v) is 8.01. The van der Waals surface area contributed by atoms with Crippen LogP contribution in [0.1, 0.15) is 33.5 Å². The molecule has 0 radical (unpaired) electrons. The first-order valence-corrected chi connectivity index (χ1v) is 10.4. The highest BCUT2D eigenvalue weighted by atomic mass is 32.1. The molecule has 33 heavy (non-hydrogen) atoms. The van der Waals surface area contributed by atoms with Crippen molar-refractivity contribution in [2.75, 3.05) is 12.1 Å². The van der Waals surface area contributed by atoms with Gasteiger partial charge in [0.2, 0.25) is 6.79 Å². The molecule has 0 atom stereocenters. The van der Waals surface area contributed by atoms with Gasteiger partial charge in [-0.25, -0.2) is 9.50 Å². The van der Waals surface area contributed by atoms with Crippen LogP contribution < -0.4 is 14.8 Å². The van der Waals surface area contributed by atoms with Gasteiger partial charge in [-0.05, 0) is 30.5 Å². The van der Waals surface area contributed by atoms with Crippen LogP contribution in [0, 0.1) is 0 Å². The van der Waals surface area contributed by atoms with Crippen molar-refractivity contribution in [3.8, 4) is 22.1 Å². The van der Waals surface area contributed by atoms with Crippen molar-refractivity contribution in [2.24, 2.45) is 0 Å². The fourth-order valence-electron chi connectivity index (χ4n) is 3.36. The summed E-state index contributed by atoms with van der Waals surface area (Å²) >= 11 is 1.24. The van der Waals surface area contributed by atoms with Gasteiger partial charge in [-0.2, -0.15) is 18.3 Å². The number of amides is 1. The molecule has 0 unspecified atom stereocenters. The van der Waals surface area contributed by atoms with Gasteiger partial charge < -0.3 is 14.8 Å². The molecular weight excluding hydrogens is 461 g/mol.